The summed E-state index contributed by atoms with van der Waals surface area (Å²) in [6, 6.07) is 1.48. The van der Waals surface area contributed by atoms with Gasteiger partial charge >= 0.3 is 0 Å². The van der Waals surface area contributed by atoms with Crippen LogP contribution in [0.3, 0.4) is 0 Å². The topological polar surface area (TPSA) is 46.4 Å². The van der Waals surface area contributed by atoms with Gasteiger partial charge in [0.25, 0.3) is 0 Å². The van der Waals surface area contributed by atoms with E-state index < -0.39 is 0 Å². The minimum Gasteiger partial charge on any atom is -0.353 e. The number of hydrogen-bond acceptors (Lipinski definition) is 3. The standard InChI is InChI=1S/C21H33N3OS/c25-20(22-16-8-4-1-2-5-9-16)14-19-15-26-21(24(19)18-12-13-18)23-17-10-6-3-7-11-17/h15-18H,1-14H2,(H,22,25). The van der Waals surface area contributed by atoms with E-state index in [0.717, 1.165) is 17.6 Å². The summed E-state index contributed by atoms with van der Waals surface area (Å²) in [5, 5.41) is 5.49. The Morgan fingerprint density at radius 1 is 1.00 bits per heavy atom. The van der Waals surface area contributed by atoms with Gasteiger partial charge < -0.3 is 9.88 Å². The molecule has 0 unspecified atom stereocenters. The molecule has 1 heterocycles. The zero-order valence-corrected chi connectivity index (χ0v) is 16.7. The fourth-order valence-electron chi connectivity index (χ4n) is 4.53. The minimum atomic E-state index is 0.202. The summed E-state index contributed by atoms with van der Waals surface area (Å²) in [5.74, 6) is 0.202. The normalized spacial score (nSPS) is 23.8. The van der Waals surface area contributed by atoms with Gasteiger partial charge in [0.15, 0.2) is 4.80 Å². The monoisotopic (exact) mass is 375 g/mol. The molecule has 1 amide bonds. The number of hydrogen-bond donors (Lipinski definition) is 1. The maximum atomic E-state index is 12.6. The Morgan fingerprint density at radius 2 is 1.65 bits per heavy atom. The van der Waals surface area contributed by atoms with Gasteiger partial charge in [0.1, 0.15) is 0 Å². The minimum absolute atomic E-state index is 0.202. The summed E-state index contributed by atoms with van der Waals surface area (Å²) in [6.07, 6.45) is 17.0. The smallest absolute Gasteiger partial charge is 0.226 e. The third kappa shape index (κ3) is 4.79. The zero-order chi connectivity index (χ0) is 17.8. The molecular weight excluding hydrogens is 342 g/mol. The summed E-state index contributed by atoms with van der Waals surface area (Å²) in [7, 11) is 0. The van der Waals surface area contributed by atoms with Crippen LogP contribution >= 0.6 is 11.3 Å². The molecule has 0 radical (unpaired) electrons. The number of nitrogens with one attached hydrogen (secondary N) is 1. The lowest BCUT2D eigenvalue weighted by atomic mass is 9.96. The van der Waals surface area contributed by atoms with Crippen molar-refractivity contribution in [2.75, 3.05) is 0 Å². The Bertz CT molecular complexity index is 659. The van der Waals surface area contributed by atoms with Gasteiger partial charge in [-0.05, 0) is 38.5 Å². The van der Waals surface area contributed by atoms with Crippen LogP contribution in [-0.2, 0) is 11.2 Å². The summed E-state index contributed by atoms with van der Waals surface area (Å²) in [4.78, 5) is 18.9. The molecular formula is C21H33N3OS. The van der Waals surface area contributed by atoms with Gasteiger partial charge in [-0.2, -0.15) is 0 Å². The molecule has 4 rings (SSSR count). The lowest BCUT2D eigenvalue weighted by molar-refractivity contribution is -0.121. The Hall–Kier alpha value is -1.10. The second-order valence-electron chi connectivity index (χ2n) is 8.46. The van der Waals surface area contributed by atoms with E-state index >= 15 is 0 Å². The number of rotatable bonds is 5. The maximum absolute atomic E-state index is 12.6. The molecule has 0 saturated heterocycles. The van der Waals surface area contributed by atoms with Crippen LogP contribution in [0.5, 0.6) is 0 Å². The molecule has 3 saturated carbocycles. The first-order valence-corrected chi connectivity index (χ1v) is 11.7. The second kappa shape index (κ2) is 8.73. The third-order valence-electron chi connectivity index (χ3n) is 6.16. The fourth-order valence-corrected chi connectivity index (χ4v) is 5.56. The van der Waals surface area contributed by atoms with Crippen molar-refractivity contribution >= 4 is 17.2 Å². The fraction of sp³-hybridized carbons (Fsp3) is 0.810. The van der Waals surface area contributed by atoms with Gasteiger partial charge in [0.05, 0.1) is 12.5 Å². The van der Waals surface area contributed by atoms with E-state index in [9.17, 15) is 4.79 Å². The second-order valence-corrected chi connectivity index (χ2v) is 9.30. The van der Waals surface area contributed by atoms with Crippen LogP contribution in [0.4, 0.5) is 0 Å². The first kappa shape index (κ1) is 18.3. The zero-order valence-electron chi connectivity index (χ0n) is 15.9. The van der Waals surface area contributed by atoms with Crippen LogP contribution in [0.25, 0.3) is 0 Å². The lowest BCUT2D eigenvalue weighted by Gasteiger charge is -2.18. The van der Waals surface area contributed by atoms with Crippen molar-refractivity contribution in [3.8, 4) is 0 Å². The number of carbonyl (C=O) groups excluding carboxylic acids is 1. The molecule has 0 aromatic carbocycles. The molecule has 0 bridgehead atoms. The van der Waals surface area contributed by atoms with E-state index in [1.165, 1.54) is 76.3 Å². The van der Waals surface area contributed by atoms with Gasteiger partial charge in [-0.1, -0.05) is 44.9 Å². The predicted octanol–water partition coefficient (Wildman–Crippen LogP) is 4.50. The highest BCUT2D eigenvalue weighted by Crippen LogP contribution is 2.35. The number of nitrogens with zero attached hydrogens (tertiary/aromatic N) is 2. The number of aromatic nitrogens is 1. The highest BCUT2D eigenvalue weighted by Gasteiger charge is 2.28. The molecule has 4 nitrogen and oxygen atoms in total. The number of amides is 1. The summed E-state index contributed by atoms with van der Waals surface area (Å²) in [6.45, 7) is 0. The highest BCUT2D eigenvalue weighted by molar-refractivity contribution is 7.07. The first-order valence-electron chi connectivity index (χ1n) is 10.8. The van der Waals surface area contributed by atoms with Crippen molar-refractivity contribution in [2.45, 2.75) is 108 Å². The van der Waals surface area contributed by atoms with Crippen molar-refractivity contribution in [3.63, 3.8) is 0 Å². The van der Waals surface area contributed by atoms with Crippen LogP contribution in [-0.4, -0.2) is 22.6 Å². The quantitative estimate of drug-likeness (QED) is 0.757. The van der Waals surface area contributed by atoms with E-state index in [4.69, 9.17) is 4.99 Å². The lowest BCUT2D eigenvalue weighted by Crippen LogP contribution is -2.36. The SMILES string of the molecule is O=C(Cc1csc(=NC2CCCCC2)n1C1CC1)NC1CCCCCC1. The van der Waals surface area contributed by atoms with E-state index in [1.54, 1.807) is 11.3 Å². The highest BCUT2D eigenvalue weighted by atomic mass is 32.1. The van der Waals surface area contributed by atoms with Gasteiger partial charge in [-0.25, -0.2) is 0 Å². The Morgan fingerprint density at radius 3 is 2.35 bits per heavy atom. The average Bonchev–Trinajstić information content (AvgIpc) is 3.44. The van der Waals surface area contributed by atoms with Gasteiger partial charge in [-0.15, -0.1) is 11.3 Å². The Kier molecular flexibility index (Phi) is 6.13. The maximum Gasteiger partial charge on any atom is 0.226 e. The van der Waals surface area contributed by atoms with E-state index in [0.29, 0.717) is 24.5 Å². The van der Waals surface area contributed by atoms with Crippen LogP contribution in [0, 0.1) is 0 Å². The molecule has 0 aliphatic heterocycles. The Balaban J connectivity index is 1.44. The molecule has 26 heavy (non-hydrogen) atoms. The largest absolute Gasteiger partial charge is 0.353 e. The van der Waals surface area contributed by atoms with Crippen LogP contribution in [0.15, 0.2) is 10.4 Å². The predicted molar refractivity (Wildman–Crippen MR) is 106 cm³/mol. The molecule has 144 valence electrons. The summed E-state index contributed by atoms with van der Waals surface area (Å²) in [5.41, 5.74) is 1.18. The molecule has 0 spiro atoms. The Labute approximate surface area is 161 Å². The molecule has 1 aromatic rings. The molecule has 3 aliphatic rings. The van der Waals surface area contributed by atoms with Crippen molar-refractivity contribution < 1.29 is 4.79 Å². The van der Waals surface area contributed by atoms with E-state index in [-0.39, 0.29) is 5.91 Å². The van der Waals surface area contributed by atoms with Gasteiger partial charge in [0.2, 0.25) is 5.91 Å². The van der Waals surface area contributed by atoms with Gasteiger partial charge in [-0.3, -0.25) is 9.79 Å². The van der Waals surface area contributed by atoms with Crippen LogP contribution < -0.4 is 10.1 Å². The van der Waals surface area contributed by atoms with Crippen LogP contribution in [0.1, 0.15) is 95.2 Å². The first-order chi connectivity index (χ1) is 12.8. The summed E-state index contributed by atoms with van der Waals surface area (Å²) >= 11 is 1.75. The average molecular weight is 376 g/mol. The van der Waals surface area contributed by atoms with Crippen molar-refractivity contribution in [2.24, 2.45) is 4.99 Å². The molecule has 3 aliphatic carbocycles. The third-order valence-corrected chi connectivity index (χ3v) is 7.06. The van der Waals surface area contributed by atoms with E-state index in [1.807, 2.05) is 0 Å². The molecule has 3 fully saturated rings. The van der Waals surface area contributed by atoms with Crippen molar-refractivity contribution in [1.29, 1.82) is 0 Å². The molecule has 5 heteroatoms. The number of thiazole rings is 1. The van der Waals surface area contributed by atoms with Gasteiger partial charge in [0, 0.05) is 23.2 Å². The van der Waals surface area contributed by atoms with Crippen molar-refractivity contribution in [3.05, 3.63) is 15.9 Å². The molecule has 1 aromatic heterocycles. The summed E-state index contributed by atoms with van der Waals surface area (Å²) < 4.78 is 2.39. The molecule has 0 atom stereocenters. The van der Waals surface area contributed by atoms with E-state index in [2.05, 4.69) is 15.3 Å². The van der Waals surface area contributed by atoms with Crippen LogP contribution in [0.2, 0.25) is 0 Å². The number of carbonyl (C=O) groups is 1. The molecule has 1 N–H and O–H groups in total. The van der Waals surface area contributed by atoms with Crippen molar-refractivity contribution in [1.82, 2.24) is 9.88 Å².